The van der Waals surface area contributed by atoms with Gasteiger partial charge in [-0.1, -0.05) is 15.9 Å². The molecule has 1 aliphatic carbocycles. The number of ether oxygens (including phenoxy) is 1. The lowest BCUT2D eigenvalue weighted by molar-refractivity contribution is 0.0753. The molecule has 5 heteroatoms. The van der Waals surface area contributed by atoms with E-state index in [1.807, 2.05) is 6.92 Å². The molecule has 2 heterocycles. The van der Waals surface area contributed by atoms with E-state index in [0.29, 0.717) is 12.1 Å². The van der Waals surface area contributed by atoms with Gasteiger partial charge in [0.05, 0.1) is 28.6 Å². The molecule has 0 spiro atoms. The van der Waals surface area contributed by atoms with Crippen molar-refractivity contribution in [2.75, 3.05) is 6.61 Å². The third-order valence-electron chi connectivity index (χ3n) is 4.56. The van der Waals surface area contributed by atoms with Crippen molar-refractivity contribution in [1.82, 2.24) is 9.55 Å². The predicted octanol–water partition coefficient (Wildman–Crippen LogP) is 4.84. The summed E-state index contributed by atoms with van der Waals surface area (Å²) in [6, 6.07) is 6.65. The normalized spacial score (nSPS) is 27.4. The Morgan fingerprint density at radius 3 is 2.90 bits per heavy atom. The topological polar surface area (TPSA) is 27.1 Å². The number of nitrogens with zero attached hydrogens (tertiary/aromatic N) is 2. The molecule has 21 heavy (non-hydrogen) atoms. The zero-order valence-electron chi connectivity index (χ0n) is 11.9. The minimum atomic E-state index is -0.100. The number of alkyl halides is 1. The highest BCUT2D eigenvalue weighted by molar-refractivity contribution is 9.10. The Labute approximate surface area is 137 Å². The molecule has 3 unspecified atom stereocenters. The van der Waals surface area contributed by atoms with Crippen LogP contribution in [0.25, 0.3) is 11.0 Å². The minimum Gasteiger partial charge on any atom is -0.376 e. The van der Waals surface area contributed by atoms with Gasteiger partial charge in [-0.25, -0.2) is 4.98 Å². The van der Waals surface area contributed by atoms with Gasteiger partial charge in [0.25, 0.3) is 0 Å². The highest BCUT2D eigenvalue weighted by Gasteiger charge is 2.42. The van der Waals surface area contributed by atoms with Crippen LogP contribution in [-0.4, -0.2) is 22.3 Å². The molecule has 1 aliphatic heterocycles. The Morgan fingerprint density at radius 1 is 1.38 bits per heavy atom. The van der Waals surface area contributed by atoms with Gasteiger partial charge in [0, 0.05) is 11.1 Å². The lowest BCUT2D eigenvalue weighted by Crippen LogP contribution is -2.23. The number of aromatic nitrogens is 2. The first-order valence-corrected chi connectivity index (χ1v) is 8.81. The van der Waals surface area contributed by atoms with Crippen LogP contribution in [0, 0.1) is 5.92 Å². The molecule has 0 N–H and O–H groups in total. The molecular weight excluding hydrogens is 352 g/mol. The van der Waals surface area contributed by atoms with Gasteiger partial charge in [0.15, 0.2) is 0 Å². The molecule has 0 bridgehead atoms. The molecule has 0 radical (unpaired) electrons. The summed E-state index contributed by atoms with van der Waals surface area (Å²) in [5.41, 5.74) is 2.18. The average molecular weight is 370 g/mol. The Bertz CT molecular complexity index is 680. The second-order valence-corrected chi connectivity index (χ2v) is 7.69. The van der Waals surface area contributed by atoms with Crippen molar-refractivity contribution in [2.24, 2.45) is 5.92 Å². The number of rotatable bonds is 3. The van der Waals surface area contributed by atoms with Crippen LogP contribution in [0.2, 0.25) is 0 Å². The standard InChI is InChI=1S/C16H18BrClN2O/c1-9(18)16-19-12-8-11(17)4-5-13(12)20(16)14-6-7-21-15(14)10-2-3-10/h4-5,8-10,14-15H,2-3,6-7H2,1H3. The molecule has 4 rings (SSSR count). The maximum atomic E-state index is 6.41. The molecule has 3 atom stereocenters. The molecule has 1 saturated heterocycles. The monoisotopic (exact) mass is 368 g/mol. The van der Waals surface area contributed by atoms with E-state index in [1.165, 1.54) is 18.4 Å². The Morgan fingerprint density at radius 2 is 2.19 bits per heavy atom. The summed E-state index contributed by atoms with van der Waals surface area (Å²) in [5, 5.41) is -0.100. The van der Waals surface area contributed by atoms with Crippen molar-refractivity contribution >= 4 is 38.6 Å². The van der Waals surface area contributed by atoms with Gasteiger partial charge in [0.2, 0.25) is 0 Å². The van der Waals surface area contributed by atoms with E-state index in [9.17, 15) is 0 Å². The third kappa shape index (κ3) is 2.41. The van der Waals surface area contributed by atoms with E-state index >= 15 is 0 Å². The zero-order chi connectivity index (χ0) is 14.6. The number of imidazole rings is 1. The Hall–Kier alpha value is -0.580. The number of hydrogen-bond donors (Lipinski definition) is 0. The maximum Gasteiger partial charge on any atom is 0.128 e. The fourth-order valence-corrected chi connectivity index (χ4v) is 3.97. The van der Waals surface area contributed by atoms with E-state index in [-0.39, 0.29) is 5.38 Å². The first-order valence-electron chi connectivity index (χ1n) is 7.58. The maximum absolute atomic E-state index is 6.41. The average Bonchev–Trinajstić information content (AvgIpc) is 3.06. The molecule has 2 aromatic rings. The fourth-order valence-electron chi connectivity index (χ4n) is 3.47. The highest BCUT2D eigenvalue weighted by atomic mass is 79.9. The second-order valence-electron chi connectivity index (χ2n) is 6.12. The second kappa shape index (κ2) is 5.25. The largest absolute Gasteiger partial charge is 0.376 e. The summed E-state index contributed by atoms with van der Waals surface area (Å²) in [6.45, 7) is 2.84. The first-order chi connectivity index (χ1) is 10.1. The van der Waals surface area contributed by atoms with Crippen LogP contribution >= 0.6 is 27.5 Å². The summed E-state index contributed by atoms with van der Waals surface area (Å²) in [6.07, 6.45) is 3.98. The van der Waals surface area contributed by atoms with Crippen molar-refractivity contribution in [1.29, 1.82) is 0 Å². The summed E-state index contributed by atoms with van der Waals surface area (Å²) in [5.74, 6) is 1.69. The highest BCUT2D eigenvalue weighted by Crippen LogP contribution is 2.45. The molecule has 1 aromatic carbocycles. The lowest BCUT2D eigenvalue weighted by Gasteiger charge is -2.23. The molecule has 3 nitrogen and oxygen atoms in total. The quantitative estimate of drug-likeness (QED) is 0.724. The molecule has 1 aromatic heterocycles. The van der Waals surface area contributed by atoms with Crippen LogP contribution in [0.5, 0.6) is 0 Å². The molecular formula is C16H18BrClN2O. The molecule has 2 aliphatic rings. The van der Waals surface area contributed by atoms with E-state index in [4.69, 9.17) is 21.3 Å². The van der Waals surface area contributed by atoms with Gasteiger partial charge in [0.1, 0.15) is 5.82 Å². The number of benzene rings is 1. The van der Waals surface area contributed by atoms with Gasteiger partial charge >= 0.3 is 0 Å². The van der Waals surface area contributed by atoms with Gasteiger partial charge in [-0.3, -0.25) is 0 Å². The summed E-state index contributed by atoms with van der Waals surface area (Å²) < 4.78 is 9.41. The molecule has 2 fully saturated rings. The van der Waals surface area contributed by atoms with E-state index in [1.54, 1.807) is 0 Å². The molecule has 0 amide bonds. The summed E-state index contributed by atoms with van der Waals surface area (Å²) in [4.78, 5) is 4.78. The lowest BCUT2D eigenvalue weighted by atomic mass is 10.1. The van der Waals surface area contributed by atoms with Gasteiger partial charge in [-0.15, -0.1) is 11.6 Å². The van der Waals surface area contributed by atoms with E-state index < -0.39 is 0 Å². The molecule has 1 saturated carbocycles. The van der Waals surface area contributed by atoms with E-state index in [0.717, 1.165) is 34.8 Å². The molecule has 112 valence electrons. The number of halogens is 2. The van der Waals surface area contributed by atoms with Crippen molar-refractivity contribution in [3.05, 3.63) is 28.5 Å². The Kier molecular flexibility index (Phi) is 3.51. The van der Waals surface area contributed by atoms with Crippen molar-refractivity contribution in [3.63, 3.8) is 0 Å². The van der Waals surface area contributed by atoms with Crippen LogP contribution in [0.4, 0.5) is 0 Å². The number of fused-ring (bicyclic) bond motifs is 1. The number of hydrogen-bond acceptors (Lipinski definition) is 2. The predicted molar refractivity (Wildman–Crippen MR) is 87.8 cm³/mol. The third-order valence-corrected chi connectivity index (χ3v) is 5.24. The van der Waals surface area contributed by atoms with Crippen LogP contribution in [0.1, 0.15) is 43.4 Å². The zero-order valence-corrected chi connectivity index (χ0v) is 14.3. The SMILES string of the molecule is CC(Cl)c1nc2cc(Br)ccc2n1C1CCOC1C1CC1. The van der Waals surface area contributed by atoms with Gasteiger partial charge in [-0.2, -0.15) is 0 Å². The van der Waals surface area contributed by atoms with Crippen LogP contribution in [-0.2, 0) is 4.74 Å². The first kappa shape index (κ1) is 14.0. The van der Waals surface area contributed by atoms with Crippen LogP contribution in [0.15, 0.2) is 22.7 Å². The van der Waals surface area contributed by atoms with Gasteiger partial charge < -0.3 is 9.30 Å². The Balaban J connectivity index is 1.87. The van der Waals surface area contributed by atoms with E-state index in [2.05, 4.69) is 38.7 Å². The van der Waals surface area contributed by atoms with Crippen molar-refractivity contribution in [3.8, 4) is 0 Å². The minimum absolute atomic E-state index is 0.100. The van der Waals surface area contributed by atoms with Crippen LogP contribution in [0.3, 0.4) is 0 Å². The van der Waals surface area contributed by atoms with Gasteiger partial charge in [-0.05, 0) is 50.3 Å². The van der Waals surface area contributed by atoms with Crippen molar-refractivity contribution in [2.45, 2.75) is 43.7 Å². The smallest absolute Gasteiger partial charge is 0.128 e. The summed E-state index contributed by atoms with van der Waals surface area (Å²) in [7, 11) is 0. The summed E-state index contributed by atoms with van der Waals surface area (Å²) >= 11 is 9.93. The van der Waals surface area contributed by atoms with Crippen molar-refractivity contribution < 1.29 is 4.74 Å². The fraction of sp³-hybridized carbons (Fsp3) is 0.562. The van der Waals surface area contributed by atoms with Crippen LogP contribution < -0.4 is 0 Å².